The van der Waals surface area contributed by atoms with Crippen LogP contribution in [0.2, 0.25) is 0 Å². The first-order valence-corrected chi connectivity index (χ1v) is 8.55. The van der Waals surface area contributed by atoms with Crippen molar-refractivity contribution in [2.24, 2.45) is 5.73 Å². The van der Waals surface area contributed by atoms with Gasteiger partial charge in [0.15, 0.2) is 0 Å². The zero-order valence-corrected chi connectivity index (χ0v) is 14.2. The van der Waals surface area contributed by atoms with Gasteiger partial charge in [-0.15, -0.1) is 0 Å². The topological polar surface area (TPSA) is 107 Å². The normalized spacial score (nSPS) is 25.1. The maximum atomic E-state index is 11.7. The van der Waals surface area contributed by atoms with Crippen LogP contribution < -0.4 is 20.7 Å². The number of benzene rings is 1. The summed E-state index contributed by atoms with van der Waals surface area (Å²) >= 11 is 0. The van der Waals surface area contributed by atoms with Crippen molar-refractivity contribution in [2.45, 2.75) is 30.5 Å². The number of anilines is 1. The molecular formula is C18H18N4O4. The van der Waals surface area contributed by atoms with Gasteiger partial charge in [-0.1, -0.05) is 0 Å². The number of primary amides is 1. The highest BCUT2D eigenvalue weighted by atomic mass is 16.6. The summed E-state index contributed by atoms with van der Waals surface area (Å²) in [5.41, 5.74) is 5.61. The second-order valence-corrected chi connectivity index (χ2v) is 7.06. The Morgan fingerprint density at radius 3 is 2.96 bits per heavy atom. The van der Waals surface area contributed by atoms with Gasteiger partial charge in [-0.25, -0.2) is 9.78 Å². The standard InChI is InChI=1S/C18H18N4O4/c1-25-13-7-10-9(6-11(13)15(19)23)2-5-20-16(10)22-8-12-14(18(22)3-4-18)26-17(24)21-12/h2,5-7,12,14H,3-4,8H2,1H3,(H2,19,23)(H,21,24)/t12-,14-/m1/s1. The lowest BCUT2D eigenvalue weighted by molar-refractivity contribution is 0.0997. The van der Waals surface area contributed by atoms with E-state index >= 15 is 0 Å². The molecular weight excluding hydrogens is 336 g/mol. The first-order chi connectivity index (χ1) is 12.5. The van der Waals surface area contributed by atoms with Crippen LogP contribution in [0.1, 0.15) is 23.2 Å². The minimum atomic E-state index is -0.535. The van der Waals surface area contributed by atoms with Gasteiger partial charge in [0.05, 0.1) is 24.3 Å². The second-order valence-electron chi connectivity index (χ2n) is 7.06. The number of methoxy groups -OCH3 is 1. The summed E-state index contributed by atoms with van der Waals surface area (Å²) in [6.07, 6.45) is 3.14. The summed E-state index contributed by atoms with van der Waals surface area (Å²) in [6.45, 7) is 0.641. The Balaban J connectivity index is 1.64. The van der Waals surface area contributed by atoms with Crippen LogP contribution >= 0.6 is 0 Å². The third-order valence-corrected chi connectivity index (χ3v) is 5.70. The number of fused-ring (bicyclic) bond motifs is 3. The second kappa shape index (κ2) is 5.00. The first-order valence-electron chi connectivity index (χ1n) is 8.55. The fourth-order valence-electron chi connectivity index (χ4n) is 4.36. The number of nitrogens with zero attached hydrogens (tertiary/aromatic N) is 2. The fraction of sp³-hybridized carbons (Fsp3) is 0.389. The third-order valence-electron chi connectivity index (χ3n) is 5.70. The number of hydrogen-bond acceptors (Lipinski definition) is 6. The molecule has 3 aliphatic rings. The van der Waals surface area contributed by atoms with Crippen molar-refractivity contribution in [3.8, 4) is 5.75 Å². The van der Waals surface area contributed by atoms with Gasteiger partial charge in [0, 0.05) is 18.1 Å². The number of hydrogen-bond donors (Lipinski definition) is 2. The van der Waals surface area contributed by atoms with Crippen molar-refractivity contribution in [3.05, 3.63) is 30.0 Å². The van der Waals surface area contributed by atoms with Crippen molar-refractivity contribution < 1.29 is 19.1 Å². The zero-order chi connectivity index (χ0) is 18.1. The van der Waals surface area contributed by atoms with Crippen LogP contribution in [0.3, 0.4) is 0 Å². The molecule has 2 aromatic rings. The molecule has 0 radical (unpaired) electrons. The summed E-state index contributed by atoms with van der Waals surface area (Å²) < 4.78 is 10.9. The van der Waals surface area contributed by atoms with Crippen molar-refractivity contribution >= 4 is 28.6 Å². The molecule has 1 spiro atoms. The van der Waals surface area contributed by atoms with E-state index in [0.29, 0.717) is 17.9 Å². The highest BCUT2D eigenvalue weighted by Gasteiger charge is 2.66. The van der Waals surface area contributed by atoms with Gasteiger partial charge in [-0.3, -0.25) is 4.79 Å². The molecule has 3 heterocycles. The molecule has 8 nitrogen and oxygen atoms in total. The van der Waals surface area contributed by atoms with Gasteiger partial charge in [0.1, 0.15) is 17.7 Å². The van der Waals surface area contributed by atoms with Gasteiger partial charge >= 0.3 is 6.09 Å². The molecule has 2 amide bonds. The number of nitrogens with one attached hydrogen (secondary N) is 1. The molecule has 1 aromatic heterocycles. The Hall–Kier alpha value is -3.03. The first kappa shape index (κ1) is 15.2. The van der Waals surface area contributed by atoms with Gasteiger partial charge in [-0.2, -0.15) is 0 Å². The number of aromatic nitrogens is 1. The number of alkyl carbamates (subject to hydrolysis) is 1. The van der Waals surface area contributed by atoms with Crippen LogP contribution in [0.25, 0.3) is 10.8 Å². The minimum Gasteiger partial charge on any atom is -0.496 e. The van der Waals surface area contributed by atoms with E-state index in [9.17, 15) is 9.59 Å². The summed E-state index contributed by atoms with van der Waals surface area (Å²) in [5.74, 6) is 0.696. The lowest BCUT2D eigenvalue weighted by atomic mass is 10.0. The number of pyridine rings is 1. The third kappa shape index (κ3) is 1.92. The number of amides is 2. The maximum absolute atomic E-state index is 11.7. The Kier molecular flexibility index (Phi) is 2.93. The van der Waals surface area contributed by atoms with E-state index in [1.165, 1.54) is 7.11 Å². The van der Waals surface area contributed by atoms with E-state index in [1.807, 2.05) is 6.07 Å². The van der Waals surface area contributed by atoms with Crippen LogP contribution in [0.15, 0.2) is 24.4 Å². The van der Waals surface area contributed by atoms with E-state index < -0.39 is 5.91 Å². The SMILES string of the molecule is COc1cc2c(N3C[C@H]4NC(=O)O[C@H]4C34CC4)nccc2cc1C(N)=O. The Morgan fingerprint density at radius 2 is 2.27 bits per heavy atom. The molecule has 8 heteroatoms. The van der Waals surface area contributed by atoms with E-state index in [-0.39, 0.29) is 23.8 Å². The zero-order valence-electron chi connectivity index (χ0n) is 14.2. The van der Waals surface area contributed by atoms with E-state index in [1.54, 1.807) is 18.3 Å². The van der Waals surface area contributed by atoms with Crippen molar-refractivity contribution in [3.63, 3.8) is 0 Å². The van der Waals surface area contributed by atoms with Crippen LogP contribution in [0.5, 0.6) is 5.75 Å². The summed E-state index contributed by atoms with van der Waals surface area (Å²) in [5, 5.41) is 4.63. The highest BCUT2D eigenvalue weighted by molar-refractivity contribution is 6.03. The minimum absolute atomic E-state index is 0.0335. The number of carbonyl (C=O) groups excluding carboxylic acids is 2. The summed E-state index contributed by atoms with van der Waals surface area (Å²) in [4.78, 5) is 30.1. The Labute approximate surface area is 149 Å². The van der Waals surface area contributed by atoms with Crippen molar-refractivity contribution in [1.29, 1.82) is 0 Å². The molecule has 5 rings (SSSR count). The molecule has 0 unspecified atom stereocenters. The van der Waals surface area contributed by atoms with Gasteiger partial charge < -0.3 is 25.4 Å². The molecule has 26 heavy (non-hydrogen) atoms. The molecule has 2 saturated heterocycles. The summed E-state index contributed by atoms with van der Waals surface area (Å²) in [6, 6.07) is 5.35. The van der Waals surface area contributed by atoms with Crippen molar-refractivity contribution in [2.75, 3.05) is 18.6 Å². The Morgan fingerprint density at radius 1 is 1.46 bits per heavy atom. The van der Waals surface area contributed by atoms with E-state index in [0.717, 1.165) is 29.4 Å². The monoisotopic (exact) mass is 354 g/mol. The number of rotatable bonds is 3. The highest BCUT2D eigenvalue weighted by Crippen LogP contribution is 2.54. The molecule has 3 N–H and O–H groups in total. The van der Waals surface area contributed by atoms with Crippen molar-refractivity contribution in [1.82, 2.24) is 10.3 Å². The average molecular weight is 354 g/mol. The molecule has 2 aliphatic heterocycles. The predicted octanol–water partition coefficient (Wildman–Crippen LogP) is 1.17. The molecule has 1 aromatic carbocycles. The van der Waals surface area contributed by atoms with E-state index in [4.69, 9.17) is 15.2 Å². The molecule has 2 atom stereocenters. The molecule has 1 aliphatic carbocycles. The predicted molar refractivity (Wildman–Crippen MR) is 93.3 cm³/mol. The largest absolute Gasteiger partial charge is 0.496 e. The van der Waals surface area contributed by atoms with E-state index in [2.05, 4.69) is 15.2 Å². The lowest BCUT2D eigenvalue weighted by Gasteiger charge is -2.29. The smallest absolute Gasteiger partial charge is 0.407 e. The number of nitrogens with two attached hydrogens (primary N) is 1. The van der Waals surface area contributed by atoms with Gasteiger partial charge in [0.2, 0.25) is 0 Å². The summed E-state index contributed by atoms with van der Waals surface area (Å²) in [7, 11) is 1.51. The van der Waals surface area contributed by atoms with Crippen LogP contribution in [0, 0.1) is 0 Å². The quantitative estimate of drug-likeness (QED) is 0.857. The van der Waals surface area contributed by atoms with Crippen LogP contribution in [-0.4, -0.2) is 48.3 Å². The molecule has 1 saturated carbocycles. The molecule has 3 fully saturated rings. The molecule has 134 valence electrons. The maximum Gasteiger partial charge on any atom is 0.407 e. The Bertz CT molecular complexity index is 956. The molecule has 0 bridgehead atoms. The van der Waals surface area contributed by atoms with Crippen LogP contribution in [0.4, 0.5) is 10.6 Å². The van der Waals surface area contributed by atoms with Gasteiger partial charge in [-0.05, 0) is 36.4 Å². The van der Waals surface area contributed by atoms with Gasteiger partial charge in [0.25, 0.3) is 5.91 Å². The van der Waals surface area contributed by atoms with Crippen LogP contribution in [-0.2, 0) is 4.74 Å². The number of ether oxygens (including phenoxy) is 2. The number of carbonyl (C=O) groups is 2. The average Bonchev–Trinajstić information content (AvgIpc) is 3.27. The fourth-order valence-corrected chi connectivity index (χ4v) is 4.36. The lowest BCUT2D eigenvalue weighted by Crippen LogP contribution is -2.39.